The molecule has 0 radical (unpaired) electrons. The van der Waals surface area contributed by atoms with E-state index in [2.05, 4.69) is 10.3 Å². The molecule has 0 unspecified atom stereocenters. The van der Waals surface area contributed by atoms with Gasteiger partial charge in [-0.2, -0.15) is 0 Å². The largest absolute Gasteiger partial charge is 0.462 e. The SMILES string of the molecule is CCOC(=O)c1c(C)[nH]c(C(=O)OCC(=O)Nc2cccc(S(=O)(=O)N(C)C)c2)c1C. The van der Waals surface area contributed by atoms with E-state index in [1.165, 1.54) is 38.4 Å². The third-order valence-electron chi connectivity index (χ3n) is 4.35. The number of aromatic amines is 1. The number of H-pyrrole nitrogens is 1. The van der Waals surface area contributed by atoms with Crippen molar-refractivity contribution in [3.63, 3.8) is 0 Å². The summed E-state index contributed by atoms with van der Waals surface area (Å²) in [6.07, 6.45) is 0. The molecule has 31 heavy (non-hydrogen) atoms. The molecule has 11 heteroatoms. The van der Waals surface area contributed by atoms with Crippen molar-refractivity contribution in [2.75, 3.05) is 32.6 Å². The van der Waals surface area contributed by atoms with E-state index in [0.717, 1.165) is 4.31 Å². The van der Waals surface area contributed by atoms with Gasteiger partial charge < -0.3 is 19.8 Å². The Morgan fingerprint density at radius 2 is 1.77 bits per heavy atom. The van der Waals surface area contributed by atoms with E-state index < -0.39 is 34.5 Å². The van der Waals surface area contributed by atoms with Crippen molar-refractivity contribution in [2.24, 2.45) is 0 Å². The average molecular weight is 452 g/mol. The fourth-order valence-corrected chi connectivity index (χ4v) is 3.76. The van der Waals surface area contributed by atoms with Crippen molar-refractivity contribution in [1.29, 1.82) is 0 Å². The summed E-state index contributed by atoms with van der Waals surface area (Å²) in [5.74, 6) is -2.02. The van der Waals surface area contributed by atoms with Crippen LogP contribution in [0.4, 0.5) is 5.69 Å². The third kappa shape index (κ3) is 5.50. The molecule has 2 rings (SSSR count). The molecule has 0 atom stereocenters. The number of carbonyl (C=O) groups excluding carboxylic acids is 3. The standard InChI is InChI=1S/C20H25N3O7S/c1-6-29-19(25)17-12(2)18(21-13(17)3)20(26)30-11-16(24)22-14-8-7-9-15(10-14)31(27,28)23(4)5/h7-10,21H,6,11H2,1-5H3,(H,22,24). The lowest BCUT2D eigenvalue weighted by molar-refractivity contribution is -0.119. The highest BCUT2D eigenvalue weighted by molar-refractivity contribution is 7.89. The van der Waals surface area contributed by atoms with Crippen molar-refractivity contribution < 1.29 is 32.3 Å². The number of aromatic nitrogens is 1. The number of aryl methyl sites for hydroxylation is 1. The number of benzene rings is 1. The van der Waals surface area contributed by atoms with Crippen LogP contribution in [-0.2, 0) is 24.3 Å². The normalized spacial score (nSPS) is 11.3. The van der Waals surface area contributed by atoms with Crippen molar-refractivity contribution in [2.45, 2.75) is 25.7 Å². The molecule has 2 aromatic rings. The molecular weight excluding hydrogens is 426 g/mol. The van der Waals surface area contributed by atoms with Crippen LogP contribution in [0, 0.1) is 13.8 Å². The third-order valence-corrected chi connectivity index (χ3v) is 6.16. The van der Waals surface area contributed by atoms with Gasteiger partial charge in [0.25, 0.3) is 5.91 Å². The quantitative estimate of drug-likeness (QED) is 0.585. The number of nitrogens with zero attached hydrogens (tertiary/aromatic N) is 1. The highest BCUT2D eigenvalue weighted by atomic mass is 32.2. The Labute approximate surface area is 180 Å². The van der Waals surface area contributed by atoms with Crippen molar-refractivity contribution >= 4 is 33.6 Å². The number of carbonyl (C=O) groups is 3. The molecule has 1 aromatic carbocycles. The zero-order chi connectivity index (χ0) is 23.3. The number of hydrogen-bond donors (Lipinski definition) is 2. The first-order valence-electron chi connectivity index (χ1n) is 9.34. The fourth-order valence-electron chi connectivity index (χ4n) is 2.81. The van der Waals surface area contributed by atoms with Crippen LogP contribution in [0.25, 0.3) is 0 Å². The van der Waals surface area contributed by atoms with Crippen LogP contribution in [0.2, 0.25) is 0 Å². The Balaban J connectivity index is 2.05. The van der Waals surface area contributed by atoms with Gasteiger partial charge in [0, 0.05) is 25.5 Å². The Kier molecular flexibility index (Phi) is 7.58. The molecule has 1 amide bonds. The molecule has 0 aliphatic rings. The Hall–Kier alpha value is -3.18. The van der Waals surface area contributed by atoms with Crippen LogP contribution in [0.5, 0.6) is 0 Å². The summed E-state index contributed by atoms with van der Waals surface area (Å²) in [6, 6.07) is 5.71. The molecule has 0 aliphatic carbocycles. The van der Waals surface area contributed by atoms with E-state index in [1.54, 1.807) is 20.8 Å². The molecule has 0 fully saturated rings. The van der Waals surface area contributed by atoms with Crippen molar-refractivity contribution in [3.8, 4) is 0 Å². The maximum absolute atomic E-state index is 12.4. The zero-order valence-electron chi connectivity index (χ0n) is 17.9. The van der Waals surface area contributed by atoms with Crippen LogP contribution >= 0.6 is 0 Å². The number of esters is 2. The van der Waals surface area contributed by atoms with Crippen molar-refractivity contribution in [3.05, 3.63) is 46.8 Å². The topological polar surface area (TPSA) is 135 Å². The van der Waals surface area contributed by atoms with Gasteiger partial charge in [-0.15, -0.1) is 0 Å². The van der Waals surface area contributed by atoms with Crippen LogP contribution < -0.4 is 5.32 Å². The molecule has 168 valence electrons. The van der Waals surface area contributed by atoms with Gasteiger partial charge in [-0.25, -0.2) is 22.3 Å². The lowest BCUT2D eigenvalue weighted by Gasteiger charge is -2.12. The fraction of sp³-hybridized carbons (Fsp3) is 0.350. The minimum Gasteiger partial charge on any atom is -0.462 e. The number of ether oxygens (including phenoxy) is 2. The Morgan fingerprint density at radius 3 is 2.39 bits per heavy atom. The smallest absolute Gasteiger partial charge is 0.355 e. The highest BCUT2D eigenvalue weighted by Crippen LogP contribution is 2.20. The lowest BCUT2D eigenvalue weighted by atomic mass is 10.1. The molecular formula is C20H25N3O7S. The van der Waals surface area contributed by atoms with E-state index in [1.807, 2.05) is 0 Å². The summed E-state index contributed by atoms with van der Waals surface area (Å²) in [5, 5.41) is 2.48. The highest BCUT2D eigenvalue weighted by Gasteiger charge is 2.24. The van der Waals surface area contributed by atoms with E-state index >= 15 is 0 Å². The van der Waals surface area contributed by atoms with Gasteiger partial charge in [0.05, 0.1) is 17.1 Å². The number of nitrogens with one attached hydrogen (secondary N) is 2. The zero-order valence-corrected chi connectivity index (χ0v) is 18.8. The molecule has 0 aliphatic heterocycles. The predicted molar refractivity (Wildman–Crippen MR) is 112 cm³/mol. The van der Waals surface area contributed by atoms with Crippen molar-refractivity contribution in [1.82, 2.24) is 9.29 Å². The van der Waals surface area contributed by atoms with E-state index in [4.69, 9.17) is 9.47 Å². The average Bonchev–Trinajstić information content (AvgIpc) is 3.00. The van der Waals surface area contributed by atoms with Gasteiger partial charge in [0.1, 0.15) is 5.69 Å². The van der Waals surface area contributed by atoms with E-state index in [9.17, 15) is 22.8 Å². The monoisotopic (exact) mass is 451 g/mol. The second kappa shape index (κ2) is 9.75. The Bertz CT molecular complexity index is 1100. The Morgan fingerprint density at radius 1 is 1.10 bits per heavy atom. The molecule has 2 N–H and O–H groups in total. The first kappa shape index (κ1) is 24.1. The molecule has 1 aromatic heterocycles. The summed E-state index contributed by atoms with van der Waals surface area (Å²) in [6.45, 7) is 4.46. The first-order valence-corrected chi connectivity index (χ1v) is 10.8. The summed E-state index contributed by atoms with van der Waals surface area (Å²) in [7, 11) is -0.859. The number of amides is 1. The van der Waals surface area contributed by atoms with Gasteiger partial charge in [0.2, 0.25) is 10.0 Å². The van der Waals surface area contributed by atoms with Crippen LogP contribution in [0.3, 0.4) is 0 Å². The van der Waals surface area contributed by atoms with Gasteiger partial charge in [-0.05, 0) is 44.5 Å². The number of rotatable bonds is 8. The number of hydrogen-bond acceptors (Lipinski definition) is 7. The molecule has 0 saturated carbocycles. The number of sulfonamides is 1. The van der Waals surface area contributed by atoms with Gasteiger partial charge in [-0.3, -0.25) is 4.79 Å². The predicted octanol–water partition coefficient (Wildman–Crippen LogP) is 1.85. The summed E-state index contributed by atoms with van der Waals surface area (Å²) >= 11 is 0. The van der Waals surface area contributed by atoms with Gasteiger partial charge >= 0.3 is 11.9 Å². The van der Waals surface area contributed by atoms with Gasteiger partial charge in [0.15, 0.2) is 6.61 Å². The molecule has 0 saturated heterocycles. The molecule has 10 nitrogen and oxygen atoms in total. The molecule has 0 bridgehead atoms. The summed E-state index contributed by atoms with van der Waals surface area (Å²) in [4.78, 5) is 39.3. The van der Waals surface area contributed by atoms with E-state index in [0.29, 0.717) is 11.3 Å². The lowest BCUT2D eigenvalue weighted by Crippen LogP contribution is -2.23. The molecule has 0 spiro atoms. The van der Waals surface area contributed by atoms with Gasteiger partial charge in [-0.1, -0.05) is 6.07 Å². The van der Waals surface area contributed by atoms with Crippen LogP contribution in [-0.4, -0.2) is 62.9 Å². The second-order valence-electron chi connectivity index (χ2n) is 6.79. The maximum atomic E-state index is 12.4. The number of anilines is 1. The minimum atomic E-state index is -3.66. The van der Waals surface area contributed by atoms with Crippen LogP contribution in [0.1, 0.15) is 39.0 Å². The minimum absolute atomic E-state index is 0.0104. The van der Waals surface area contributed by atoms with Crippen LogP contribution in [0.15, 0.2) is 29.2 Å². The van der Waals surface area contributed by atoms with E-state index in [-0.39, 0.29) is 28.4 Å². The molecule has 1 heterocycles. The second-order valence-corrected chi connectivity index (χ2v) is 8.94. The summed E-state index contributed by atoms with van der Waals surface area (Å²) < 4.78 is 35.5. The first-order chi connectivity index (χ1) is 14.5. The summed E-state index contributed by atoms with van der Waals surface area (Å²) in [5.41, 5.74) is 1.35. The maximum Gasteiger partial charge on any atom is 0.355 e.